The number of carbonyl (C=O) groups excluding carboxylic acids is 1. The van der Waals surface area contributed by atoms with E-state index in [1.165, 1.54) is 11.9 Å². The highest BCUT2D eigenvalue weighted by atomic mass is 32.5. The van der Waals surface area contributed by atoms with E-state index in [1.54, 1.807) is 11.1 Å². The van der Waals surface area contributed by atoms with E-state index >= 15 is 0 Å². The van der Waals surface area contributed by atoms with Crippen LogP contribution in [-0.4, -0.2) is 36.4 Å². The van der Waals surface area contributed by atoms with Crippen molar-refractivity contribution in [2.45, 2.75) is 6.42 Å². The summed E-state index contributed by atoms with van der Waals surface area (Å²) in [5.74, 6) is 0.108. The van der Waals surface area contributed by atoms with E-state index in [-0.39, 0.29) is 5.88 Å². The molecule has 1 N–H and O–H groups in total. The molecule has 0 bridgehead atoms. The molecule has 9 heteroatoms. The molecule has 1 fully saturated rings. The van der Waals surface area contributed by atoms with Crippen LogP contribution in [0.3, 0.4) is 0 Å². The first-order chi connectivity index (χ1) is 7.04. The number of halogens is 1. The summed E-state index contributed by atoms with van der Waals surface area (Å²) in [5.41, 5.74) is 0. The molecular weight excluding hydrogens is 262 g/mol. The van der Waals surface area contributed by atoms with Crippen LogP contribution in [0, 0.1) is 0 Å². The zero-order chi connectivity index (χ0) is 11.3. The van der Waals surface area contributed by atoms with Crippen molar-refractivity contribution in [2.75, 3.05) is 26.1 Å². The highest BCUT2D eigenvalue weighted by Gasteiger charge is 2.28. The third kappa shape index (κ3) is 4.34. The molecule has 1 rings (SSSR count). The Balaban J connectivity index is 2.34. The quantitative estimate of drug-likeness (QED) is 0.278. The van der Waals surface area contributed by atoms with Gasteiger partial charge in [-0.3, -0.25) is 0 Å². The van der Waals surface area contributed by atoms with Crippen molar-refractivity contribution in [3.05, 3.63) is 0 Å². The molecule has 0 radical (unpaired) electrons. The summed E-state index contributed by atoms with van der Waals surface area (Å²) in [6.07, 6.45) is -0.726. The Kier molecular flexibility index (Phi) is 5.45. The van der Waals surface area contributed by atoms with Gasteiger partial charge in [-0.05, 0) is 30.2 Å². The molecular formula is C6H12FN2O3PS2. The largest absolute Gasteiger partial charge is 0.398 e. The number of nitrogens with zero attached hydrogens (tertiary/aromatic N) is 1. The van der Waals surface area contributed by atoms with E-state index in [0.29, 0.717) is 13.2 Å². The Morgan fingerprint density at radius 3 is 2.80 bits per heavy atom. The molecule has 1 amide bonds. The fourth-order valence-corrected chi connectivity index (χ4v) is 4.25. The minimum Gasteiger partial charge on any atom is -0.318 e. The van der Waals surface area contributed by atoms with Gasteiger partial charge in [0.2, 0.25) is 0 Å². The maximum atomic E-state index is 11.8. The lowest BCUT2D eigenvalue weighted by molar-refractivity contribution is 0.165. The van der Waals surface area contributed by atoms with Crippen LogP contribution < -0.4 is 5.32 Å². The van der Waals surface area contributed by atoms with Gasteiger partial charge >= 0.3 is 6.16 Å². The first kappa shape index (κ1) is 13.3. The monoisotopic (exact) mass is 274 g/mol. The summed E-state index contributed by atoms with van der Waals surface area (Å²) < 4.78 is 24.2. The molecule has 1 heterocycles. The van der Waals surface area contributed by atoms with Crippen molar-refractivity contribution in [2.24, 2.45) is 0 Å². The minimum absolute atomic E-state index is 0.108. The van der Waals surface area contributed by atoms with Gasteiger partial charge in [-0.25, -0.2) is 4.79 Å². The SMILES string of the molecule is CN(SCNC(=O)F)P1(=S)OCCCO1. The molecule has 0 aromatic heterocycles. The number of hydrogen-bond donors (Lipinski definition) is 1. The van der Waals surface area contributed by atoms with Gasteiger partial charge in [-0.15, -0.1) is 4.39 Å². The minimum atomic E-state index is -2.41. The van der Waals surface area contributed by atoms with Gasteiger partial charge in [0.15, 0.2) is 0 Å². The molecule has 15 heavy (non-hydrogen) atoms. The molecule has 88 valence electrons. The molecule has 0 spiro atoms. The Hall–Kier alpha value is 0.280. The lowest BCUT2D eigenvalue weighted by atomic mass is 10.5. The Labute approximate surface area is 97.0 Å². The van der Waals surface area contributed by atoms with Gasteiger partial charge in [0.05, 0.1) is 19.1 Å². The predicted molar refractivity (Wildman–Crippen MR) is 60.7 cm³/mol. The van der Waals surface area contributed by atoms with Crippen LogP contribution in [0.1, 0.15) is 6.42 Å². The Morgan fingerprint density at radius 2 is 2.27 bits per heavy atom. The Bertz CT molecular complexity index is 271. The average molecular weight is 274 g/mol. The summed E-state index contributed by atoms with van der Waals surface area (Å²) >= 11 is 6.39. The van der Waals surface area contributed by atoms with Gasteiger partial charge in [-0.2, -0.15) is 4.08 Å². The normalized spacial score (nSPS) is 20.2. The summed E-state index contributed by atoms with van der Waals surface area (Å²) in [6, 6.07) is 0. The lowest BCUT2D eigenvalue weighted by Crippen LogP contribution is -2.22. The lowest BCUT2D eigenvalue weighted by Gasteiger charge is -2.32. The van der Waals surface area contributed by atoms with E-state index in [9.17, 15) is 9.18 Å². The van der Waals surface area contributed by atoms with Crippen molar-refractivity contribution in [1.29, 1.82) is 0 Å². The second kappa shape index (κ2) is 6.12. The highest BCUT2D eigenvalue weighted by molar-refractivity contribution is 8.15. The summed E-state index contributed by atoms with van der Waals surface area (Å²) in [6.45, 7) is -1.25. The number of hydrogen-bond acceptors (Lipinski definition) is 5. The van der Waals surface area contributed by atoms with Gasteiger partial charge in [0, 0.05) is 7.05 Å². The zero-order valence-corrected chi connectivity index (χ0v) is 10.7. The van der Waals surface area contributed by atoms with Crippen molar-refractivity contribution >= 4 is 36.6 Å². The first-order valence-electron chi connectivity index (χ1n) is 4.24. The molecule has 0 unspecified atom stereocenters. The number of rotatable bonds is 4. The van der Waals surface area contributed by atoms with E-state index in [2.05, 4.69) is 0 Å². The summed E-state index contributed by atoms with van der Waals surface area (Å²) in [4.78, 5) is 9.99. The fourth-order valence-electron chi connectivity index (χ4n) is 0.872. The second-order valence-corrected chi connectivity index (χ2v) is 7.48. The van der Waals surface area contributed by atoms with E-state index in [4.69, 9.17) is 20.9 Å². The van der Waals surface area contributed by atoms with Crippen molar-refractivity contribution < 1.29 is 18.2 Å². The van der Waals surface area contributed by atoms with Crippen LogP contribution >= 0.6 is 18.6 Å². The second-order valence-electron chi connectivity index (χ2n) is 2.68. The van der Waals surface area contributed by atoms with Crippen LogP contribution in [0.25, 0.3) is 0 Å². The number of amides is 1. The van der Waals surface area contributed by atoms with Crippen molar-refractivity contribution in [3.8, 4) is 0 Å². The maximum Gasteiger partial charge on any atom is 0.398 e. The third-order valence-corrected chi connectivity index (χ3v) is 6.63. The van der Waals surface area contributed by atoms with Crippen LogP contribution in [0.2, 0.25) is 0 Å². The third-order valence-electron chi connectivity index (χ3n) is 1.61. The van der Waals surface area contributed by atoms with Gasteiger partial charge < -0.3 is 14.4 Å². The van der Waals surface area contributed by atoms with Crippen LogP contribution in [-0.2, 0) is 20.9 Å². The smallest absolute Gasteiger partial charge is 0.318 e. The maximum absolute atomic E-state index is 11.8. The molecule has 1 saturated heterocycles. The number of carbonyl (C=O) groups is 1. The van der Waals surface area contributed by atoms with Crippen molar-refractivity contribution in [1.82, 2.24) is 9.39 Å². The van der Waals surface area contributed by atoms with Crippen molar-refractivity contribution in [3.63, 3.8) is 0 Å². The molecule has 0 atom stereocenters. The van der Waals surface area contributed by atoms with Crippen LogP contribution in [0.5, 0.6) is 0 Å². The van der Waals surface area contributed by atoms with Gasteiger partial charge in [0.1, 0.15) is 0 Å². The zero-order valence-electron chi connectivity index (χ0n) is 8.14. The molecule has 1 aliphatic heterocycles. The Morgan fingerprint density at radius 1 is 1.67 bits per heavy atom. The van der Waals surface area contributed by atoms with E-state index in [1.807, 2.05) is 5.32 Å². The molecule has 5 nitrogen and oxygen atoms in total. The number of nitrogens with one attached hydrogen (secondary N) is 1. The highest BCUT2D eigenvalue weighted by Crippen LogP contribution is 2.56. The van der Waals surface area contributed by atoms with E-state index in [0.717, 1.165) is 6.42 Å². The van der Waals surface area contributed by atoms with Crippen LogP contribution in [0.15, 0.2) is 0 Å². The standard InChI is InChI=1S/C6H12FN2O3PS2/c1-9(15-5-8-6(7)10)13(14)11-3-2-4-12-13/h2-5H2,1H3,(H,8,10). The molecule has 0 aromatic carbocycles. The molecule has 0 saturated carbocycles. The summed E-state index contributed by atoms with van der Waals surface area (Å²) in [5, 5.41) is 2.01. The first-order valence-corrected chi connectivity index (χ1v) is 7.77. The molecule has 1 aliphatic rings. The predicted octanol–water partition coefficient (Wildman–Crippen LogP) is 1.86. The molecule has 0 aliphatic carbocycles. The average Bonchev–Trinajstić information content (AvgIpc) is 2.18. The topological polar surface area (TPSA) is 50.8 Å². The molecule has 0 aromatic rings. The van der Waals surface area contributed by atoms with Crippen LogP contribution in [0.4, 0.5) is 9.18 Å². The summed E-state index contributed by atoms with van der Waals surface area (Å²) in [7, 11) is 1.71. The van der Waals surface area contributed by atoms with Gasteiger partial charge in [0.25, 0.3) is 6.64 Å². The fraction of sp³-hybridized carbons (Fsp3) is 0.833. The van der Waals surface area contributed by atoms with Gasteiger partial charge in [-0.1, -0.05) is 0 Å². The van der Waals surface area contributed by atoms with E-state index < -0.39 is 12.8 Å².